The van der Waals surface area contributed by atoms with Crippen molar-refractivity contribution in [1.29, 1.82) is 0 Å². The Morgan fingerprint density at radius 3 is 1.75 bits per heavy atom. The summed E-state index contributed by atoms with van der Waals surface area (Å²) in [4.78, 5) is 31.2. The number of phenolic OH excluding ortho intramolecular Hbond substituents is 1. The lowest BCUT2D eigenvalue weighted by Crippen LogP contribution is -2.11. The third-order valence-electron chi connectivity index (χ3n) is 9.96. The van der Waals surface area contributed by atoms with Crippen LogP contribution in [0.3, 0.4) is 0 Å². The third kappa shape index (κ3) is 15.9. The molecule has 4 rings (SSSR count). The molecule has 0 fully saturated rings. The first-order chi connectivity index (χ1) is 29.2. The lowest BCUT2D eigenvalue weighted by Gasteiger charge is -2.13. The van der Waals surface area contributed by atoms with E-state index in [9.17, 15) is 37.2 Å². The number of rotatable bonds is 27. The highest BCUT2D eigenvalue weighted by Crippen LogP contribution is 2.45. The number of aromatic hydroxyl groups is 1. The molecule has 1 amide bonds. The van der Waals surface area contributed by atoms with Crippen molar-refractivity contribution in [2.45, 2.75) is 128 Å². The van der Waals surface area contributed by atoms with Gasteiger partial charge in [-0.3, -0.25) is 13.9 Å². The summed E-state index contributed by atoms with van der Waals surface area (Å²) in [5.41, 5.74) is 0.220. The third-order valence-corrected chi connectivity index (χ3v) is 11.8. The van der Waals surface area contributed by atoms with Crippen molar-refractivity contribution in [3.63, 3.8) is 0 Å². The van der Waals surface area contributed by atoms with E-state index in [4.69, 9.17) is 9.47 Å². The minimum atomic E-state index is -4.92. The molecular formula is C44H60N5O10PS. The summed E-state index contributed by atoms with van der Waals surface area (Å²) >= 11 is 0. The van der Waals surface area contributed by atoms with Crippen LogP contribution < -0.4 is 20.1 Å². The molecule has 332 valence electrons. The summed E-state index contributed by atoms with van der Waals surface area (Å²) in [5, 5.41) is 31.0. The number of fused-ring (bicyclic) bond motifs is 1. The molecule has 15 nitrogen and oxygen atoms in total. The number of anilines is 1. The van der Waals surface area contributed by atoms with Gasteiger partial charge in [-0.25, -0.2) is 0 Å². The molecule has 0 bridgehead atoms. The fourth-order valence-electron chi connectivity index (χ4n) is 6.78. The minimum absolute atomic E-state index is 0.0494. The number of azo groups is 2. The second-order valence-corrected chi connectivity index (χ2v) is 17.8. The van der Waals surface area contributed by atoms with Crippen LogP contribution >= 0.6 is 7.60 Å². The predicted molar refractivity (Wildman–Crippen MR) is 239 cm³/mol. The van der Waals surface area contributed by atoms with Gasteiger partial charge in [-0.15, -0.1) is 15.3 Å². The Bertz CT molecular complexity index is 2280. The first-order valence-corrected chi connectivity index (χ1v) is 24.3. The Balaban J connectivity index is 1.44. The van der Waals surface area contributed by atoms with E-state index in [0.29, 0.717) is 12.1 Å². The maximum atomic E-state index is 12.8. The molecule has 0 radical (unpaired) electrons. The van der Waals surface area contributed by atoms with E-state index in [1.54, 1.807) is 19.9 Å². The maximum Gasteiger partial charge on any atom is 0.356 e. The number of amides is 1. The minimum Gasteiger partial charge on any atom is -0.505 e. The number of carbonyl (C=O) groups is 1. The van der Waals surface area contributed by atoms with Crippen LogP contribution in [0, 0.1) is 0 Å². The normalized spacial score (nSPS) is 12.2. The molecule has 4 aromatic carbocycles. The molecule has 61 heavy (non-hydrogen) atoms. The lowest BCUT2D eigenvalue weighted by atomic mass is 10.0. The zero-order chi connectivity index (χ0) is 44.3. The van der Waals surface area contributed by atoms with E-state index < -0.39 is 34.0 Å². The van der Waals surface area contributed by atoms with Crippen LogP contribution in [0.15, 0.2) is 86.0 Å². The van der Waals surface area contributed by atoms with Gasteiger partial charge in [0.15, 0.2) is 5.75 Å². The molecule has 0 aliphatic carbocycles. The van der Waals surface area contributed by atoms with Crippen LogP contribution in [0.5, 0.6) is 17.2 Å². The van der Waals surface area contributed by atoms with Gasteiger partial charge in [0.1, 0.15) is 33.5 Å². The number of phenols is 1. The van der Waals surface area contributed by atoms with Crippen LogP contribution in [0.4, 0.5) is 28.4 Å². The van der Waals surface area contributed by atoms with Crippen LogP contribution in [0.25, 0.3) is 10.8 Å². The van der Waals surface area contributed by atoms with Crippen molar-refractivity contribution in [1.82, 2.24) is 0 Å². The Kier molecular flexibility index (Phi) is 19.8. The Morgan fingerprint density at radius 2 is 1.23 bits per heavy atom. The maximum absolute atomic E-state index is 12.8. The van der Waals surface area contributed by atoms with Crippen LogP contribution in [0.1, 0.15) is 124 Å². The molecule has 0 saturated carbocycles. The summed E-state index contributed by atoms with van der Waals surface area (Å²) in [6.07, 6.45) is 18.8. The second-order valence-electron chi connectivity index (χ2n) is 14.8. The summed E-state index contributed by atoms with van der Waals surface area (Å²) in [6.45, 7) is 6.05. The smallest absolute Gasteiger partial charge is 0.356 e. The summed E-state index contributed by atoms with van der Waals surface area (Å²) in [5.74, 6) is -0.495. The molecule has 0 aliphatic heterocycles. The summed E-state index contributed by atoms with van der Waals surface area (Å²) in [7, 11) is -9.44. The molecule has 0 saturated heterocycles. The van der Waals surface area contributed by atoms with Crippen molar-refractivity contribution < 1.29 is 46.7 Å². The van der Waals surface area contributed by atoms with Gasteiger partial charge in [0, 0.05) is 29.6 Å². The summed E-state index contributed by atoms with van der Waals surface area (Å²) < 4.78 is 58.5. The standard InChI is InChI=1S/C44H60N5O10PS/c1-4-7-8-9-10-11-12-13-14-15-16-17-18-19-20-24-42(50)45-33-26-25-32-27-41(61(55,56)57)43(44(51)36(32)29-33)49-48-38-31-39(58-5-2)37(30-40(38)59-6-3)47-46-34-22-21-23-35(28-34)60(52,53)54/h21-23,25-31,51H,4-20,24H2,1-3H3,(H,45,50)(H2,52,53,54)(H,55,56,57)/b47-46+,49-48+. The highest BCUT2D eigenvalue weighted by Gasteiger charge is 2.23. The van der Waals surface area contributed by atoms with Gasteiger partial charge < -0.3 is 29.7 Å². The monoisotopic (exact) mass is 881 g/mol. The van der Waals surface area contributed by atoms with Gasteiger partial charge in [-0.2, -0.15) is 13.5 Å². The van der Waals surface area contributed by atoms with E-state index in [1.807, 2.05) is 0 Å². The number of carbonyl (C=O) groups excluding carboxylic acids is 1. The van der Waals surface area contributed by atoms with Gasteiger partial charge in [0.05, 0.1) is 24.2 Å². The average molecular weight is 882 g/mol. The highest BCUT2D eigenvalue weighted by atomic mass is 32.2. The number of benzene rings is 4. The number of hydrogen-bond acceptors (Lipinski definition) is 11. The number of nitrogens with zero attached hydrogens (tertiary/aromatic N) is 4. The quantitative estimate of drug-likeness (QED) is 0.0165. The number of ether oxygens (including phenoxy) is 2. The van der Waals surface area contributed by atoms with Crippen LogP contribution in [0.2, 0.25) is 0 Å². The molecule has 5 N–H and O–H groups in total. The topological polar surface area (TPSA) is 229 Å². The van der Waals surface area contributed by atoms with E-state index in [-0.39, 0.29) is 63.8 Å². The molecule has 0 aromatic heterocycles. The molecule has 0 spiro atoms. The van der Waals surface area contributed by atoms with Gasteiger partial charge >= 0.3 is 7.60 Å². The van der Waals surface area contributed by atoms with Crippen molar-refractivity contribution >= 4 is 68.1 Å². The first-order valence-electron chi connectivity index (χ1n) is 21.3. The summed E-state index contributed by atoms with van der Waals surface area (Å²) in [6, 6.07) is 14.0. The van der Waals surface area contributed by atoms with Crippen molar-refractivity contribution in [2.24, 2.45) is 20.5 Å². The largest absolute Gasteiger partial charge is 0.505 e. The van der Waals surface area contributed by atoms with Gasteiger partial charge in [-0.05, 0) is 62.1 Å². The van der Waals surface area contributed by atoms with Gasteiger partial charge in [-0.1, -0.05) is 109 Å². The van der Waals surface area contributed by atoms with Crippen molar-refractivity contribution in [3.8, 4) is 17.2 Å². The molecular weight excluding hydrogens is 822 g/mol. The van der Waals surface area contributed by atoms with Gasteiger partial charge in [0.2, 0.25) is 5.91 Å². The predicted octanol–water partition coefficient (Wildman–Crippen LogP) is 12.4. The van der Waals surface area contributed by atoms with E-state index in [1.165, 1.54) is 119 Å². The second kappa shape index (κ2) is 24.6. The number of unbranched alkanes of at least 4 members (excludes halogenated alkanes) is 14. The molecule has 0 aliphatic rings. The number of hydrogen-bond donors (Lipinski definition) is 5. The molecule has 0 unspecified atom stereocenters. The molecule has 4 aromatic rings. The molecule has 0 heterocycles. The Morgan fingerprint density at radius 1 is 0.689 bits per heavy atom. The van der Waals surface area contributed by atoms with Crippen LogP contribution in [-0.2, 0) is 19.5 Å². The van der Waals surface area contributed by atoms with E-state index in [0.717, 1.165) is 31.7 Å². The zero-order valence-corrected chi connectivity index (χ0v) is 37.1. The van der Waals surface area contributed by atoms with E-state index >= 15 is 0 Å². The SMILES string of the molecule is CCCCCCCCCCCCCCCCCC(=O)Nc1ccc2cc(S(=O)(=O)O)c(/N=N/c3cc(OCC)c(/N=N/c4cccc(P(=O)(O)O)c4)cc3OCC)c(O)c2c1. The molecule has 0 atom stereocenters. The first kappa shape index (κ1) is 48.9. The van der Waals surface area contributed by atoms with Crippen molar-refractivity contribution in [3.05, 3.63) is 60.7 Å². The number of nitrogens with one attached hydrogen (secondary N) is 1. The fraction of sp³-hybridized carbons (Fsp3) is 0.477. The highest BCUT2D eigenvalue weighted by molar-refractivity contribution is 7.86. The van der Waals surface area contributed by atoms with E-state index in [2.05, 4.69) is 32.7 Å². The molecule has 17 heteroatoms. The fourth-order valence-corrected chi connectivity index (χ4v) is 8.02. The van der Waals surface area contributed by atoms with Crippen molar-refractivity contribution in [2.75, 3.05) is 18.5 Å². The average Bonchev–Trinajstić information content (AvgIpc) is 3.21. The van der Waals surface area contributed by atoms with Gasteiger partial charge in [0.25, 0.3) is 10.1 Å². The van der Waals surface area contributed by atoms with Crippen LogP contribution in [-0.4, -0.2) is 47.0 Å². The lowest BCUT2D eigenvalue weighted by molar-refractivity contribution is -0.116. The Hall–Kier alpha value is -4.73. The Labute approximate surface area is 359 Å². The zero-order valence-electron chi connectivity index (χ0n) is 35.4.